The first-order valence-corrected chi connectivity index (χ1v) is 5.86. The van der Waals surface area contributed by atoms with Crippen molar-refractivity contribution < 1.29 is 0 Å². The lowest BCUT2D eigenvalue weighted by Crippen LogP contribution is -2.07. The summed E-state index contributed by atoms with van der Waals surface area (Å²) >= 11 is 6.11. The highest BCUT2D eigenvalue weighted by molar-refractivity contribution is 6.31. The van der Waals surface area contributed by atoms with Crippen LogP contribution in [-0.2, 0) is 0 Å². The molecule has 1 heterocycles. The first-order valence-electron chi connectivity index (χ1n) is 5.49. The van der Waals surface area contributed by atoms with Crippen LogP contribution in [-0.4, -0.2) is 15.0 Å². The molecule has 2 N–H and O–H groups in total. The Hall–Kier alpha value is -1.55. The van der Waals surface area contributed by atoms with Gasteiger partial charge in [0.1, 0.15) is 0 Å². The van der Waals surface area contributed by atoms with E-state index >= 15 is 0 Å². The topological polar surface area (TPSA) is 56.7 Å². The van der Waals surface area contributed by atoms with Gasteiger partial charge in [-0.15, -0.1) is 5.10 Å². The summed E-state index contributed by atoms with van der Waals surface area (Å²) in [6, 6.07) is 5.71. The summed E-state index contributed by atoms with van der Waals surface area (Å²) in [6.07, 6.45) is 0. The minimum Gasteiger partial charge on any atom is -0.381 e. The molecule has 5 heteroatoms. The molecule has 0 atom stereocenters. The second-order valence-corrected chi connectivity index (χ2v) is 4.72. The number of nitrogen functional groups attached to an aromatic ring is 1. The van der Waals surface area contributed by atoms with E-state index in [0.717, 1.165) is 16.9 Å². The van der Waals surface area contributed by atoms with Gasteiger partial charge in [-0.05, 0) is 30.5 Å². The quantitative estimate of drug-likeness (QED) is 0.892. The predicted molar refractivity (Wildman–Crippen MR) is 69.6 cm³/mol. The number of rotatable bonds is 2. The molecule has 90 valence electrons. The molecule has 0 saturated carbocycles. The Kier molecular flexibility index (Phi) is 3.07. The van der Waals surface area contributed by atoms with Crippen molar-refractivity contribution >= 4 is 17.4 Å². The summed E-state index contributed by atoms with van der Waals surface area (Å²) in [6.45, 7) is 6.08. The van der Waals surface area contributed by atoms with Gasteiger partial charge in [-0.25, -0.2) is 4.68 Å². The van der Waals surface area contributed by atoms with Gasteiger partial charge in [0.2, 0.25) is 0 Å². The van der Waals surface area contributed by atoms with Gasteiger partial charge in [0.05, 0.1) is 11.4 Å². The van der Waals surface area contributed by atoms with E-state index in [1.807, 2.05) is 25.1 Å². The first-order chi connectivity index (χ1) is 8.02. The second-order valence-electron chi connectivity index (χ2n) is 4.31. The van der Waals surface area contributed by atoms with E-state index in [1.54, 1.807) is 4.68 Å². The maximum absolute atomic E-state index is 6.11. The fourth-order valence-corrected chi connectivity index (χ4v) is 2.01. The molecular weight excluding hydrogens is 236 g/mol. The van der Waals surface area contributed by atoms with Crippen molar-refractivity contribution in [3.8, 4) is 5.69 Å². The summed E-state index contributed by atoms with van der Waals surface area (Å²) in [5.74, 6) is 0.725. The van der Waals surface area contributed by atoms with Crippen molar-refractivity contribution in [2.75, 3.05) is 5.73 Å². The minimum atomic E-state index is 0.253. The van der Waals surface area contributed by atoms with Crippen molar-refractivity contribution in [3.05, 3.63) is 34.5 Å². The van der Waals surface area contributed by atoms with Crippen LogP contribution in [0, 0.1) is 6.92 Å². The Bertz CT molecular complexity index is 545. The molecule has 1 aromatic heterocycles. The van der Waals surface area contributed by atoms with Crippen LogP contribution in [0.2, 0.25) is 5.02 Å². The van der Waals surface area contributed by atoms with Crippen LogP contribution in [0.1, 0.15) is 31.0 Å². The van der Waals surface area contributed by atoms with Crippen molar-refractivity contribution in [3.63, 3.8) is 0 Å². The number of nitrogens with zero attached hydrogens (tertiary/aromatic N) is 3. The lowest BCUT2D eigenvalue weighted by molar-refractivity contribution is 0.713. The van der Waals surface area contributed by atoms with E-state index in [2.05, 4.69) is 24.2 Å². The maximum atomic E-state index is 6.11. The van der Waals surface area contributed by atoms with Gasteiger partial charge in [-0.3, -0.25) is 0 Å². The number of halogens is 1. The van der Waals surface area contributed by atoms with Crippen LogP contribution in [0.3, 0.4) is 0 Å². The fraction of sp³-hybridized carbons (Fsp3) is 0.333. The van der Waals surface area contributed by atoms with Crippen molar-refractivity contribution in [1.82, 2.24) is 15.0 Å². The fourth-order valence-electron chi connectivity index (χ4n) is 1.84. The van der Waals surface area contributed by atoms with E-state index < -0.39 is 0 Å². The Morgan fingerprint density at radius 2 is 2.06 bits per heavy atom. The van der Waals surface area contributed by atoms with Gasteiger partial charge in [0, 0.05) is 5.02 Å². The zero-order valence-corrected chi connectivity index (χ0v) is 10.9. The van der Waals surface area contributed by atoms with Gasteiger partial charge < -0.3 is 5.73 Å². The largest absolute Gasteiger partial charge is 0.381 e. The predicted octanol–water partition coefficient (Wildman–Crippen LogP) is 2.93. The average molecular weight is 251 g/mol. The zero-order valence-electron chi connectivity index (χ0n) is 10.1. The number of aromatic nitrogens is 3. The van der Waals surface area contributed by atoms with Gasteiger partial charge in [0.25, 0.3) is 0 Å². The average Bonchev–Trinajstić information content (AvgIpc) is 2.64. The highest BCUT2D eigenvalue weighted by Gasteiger charge is 2.16. The second kappa shape index (κ2) is 4.37. The molecule has 0 aliphatic rings. The Labute approximate surface area is 105 Å². The van der Waals surface area contributed by atoms with Crippen LogP contribution in [0.25, 0.3) is 5.69 Å². The van der Waals surface area contributed by atoms with E-state index in [-0.39, 0.29) is 5.92 Å². The Balaban J connectivity index is 2.65. The lowest BCUT2D eigenvalue weighted by Gasteiger charge is -2.12. The van der Waals surface area contributed by atoms with E-state index in [0.29, 0.717) is 10.8 Å². The molecule has 0 aliphatic carbocycles. The molecule has 0 unspecified atom stereocenters. The molecule has 0 amide bonds. The van der Waals surface area contributed by atoms with Crippen LogP contribution >= 0.6 is 11.6 Å². The highest BCUT2D eigenvalue weighted by Crippen LogP contribution is 2.27. The number of hydrogen-bond acceptors (Lipinski definition) is 3. The third-order valence-electron chi connectivity index (χ3n) is 2.75. The number of nitrogens with two attached hydrogens (primary N) is 1. The SMILES string of the molecule is Cc1c(Cl)cccc1-n1nnc(N)c1C(C)C. The number of anilines is 1. The smallest absolute Gasteiger partial charge is 0.169 e. The van der Waals surface area contributed by atoms with Crippen molar-refractivity contribution in [1.29, 1.82) is 0 Å². The van der Waals surface area contributed by atoms with Gasteiger partial charge in [-0.1, -0.05) is 36.7 Å². The standard InChI is InChI=1S/C12H15ClN4/c1-7(2)11-12(14)15-16-17(11)10-6-4-5-9(13)8(10)3/h4-7H,14H2,1-3H3. The summed E-state index contributed by atoms with van der Waals surface area (Å²) in [5, 5.41) is 8.74. The summed E-state index contributed by atoms with van der Waals surface area (Å²) < 4.78 is 1.77. The van der Waals surface area contributed by atoms with E-state index in [4.69, 9.17) is 17.3 Å². The molecule has 2 aromatic rings. The lowest BCUT2D eigenvalue weighted by atomic mass is 10.1. The monoisotopic (exact) mass is 250 g/mol. The minimum absolute atomic E-state index is 0.253. The third-order valence-corrected chi connectivity index (χ3v) is 3.16. The molecular formula is C12H15ClN4. The van der Waals surface area contributed by atoms with Gasteiger partial charge >= 0.3 is 0 Å². The van der Waals surface area contributed by atoms with Crippen molar-refractivity contribution in [2.45, 2.75) is 26.7 Å². The maximum Gasteiger partial charge on any atom is 0.169 e. The van der Waals surface area contributed by atoms with Gasteiger partial charge in [0.15, 0.2) is 5.82 Å². The molecule has 17 heavy (non-hydrogen) atoms. The molecule has 0 fully saturated rings. The van der Waals surface area contributed by atoms with Crippen LogP contribution in [0.4, 0.5) is 5.82 Å². The Morgan fingerprint density at radius 1 is 1.35 bits per heavy atom. The summed E-state index contributed by atoms with van der Waals surface area (Å²) in [4.78, 5) is 0. The summed E-state index contributed by atoms with van der Waals surface area (Å²) in [7, 11) is 0. The molecule has 0 bridgehead atoms. The molecule has 0 aliphatic heterocycles. The molecule has 2 rings (SSSR count). The summed E-state index contributed by atoms with van der Waals surface area (Å²) in [5.41, 5.74) is 8.65. The number of benzene rings is 1. The van der Waals surface area contributed by atoms with Crippen molar-refractivity contribution in [2.24, 2.45) is 0 Å². The molecule has 0 radical (unpaired) electrons. The van der Waals surface area contributed by atoms with Crippen LogP contribution in [0.5, 0.6) is 0 Å². The normalized spacial score (nSPS) is 11.1. The molecule has 0 saturated heterocycles. The highest BCUT2D eigenvalue weighted by atomic mass is 35.5. The van der Waals surface area contributed by atoms with Gasteiger partial charge in [-0.2, -0.15) is 0 Å². The Morgan fingerprint density at radius 3 is 2.71 bits per heavy atom. The third kappa shape index (κ3) is 2.00. The molecule has 1 aromatic carbocycles. The van der Waals surface area contributed by atoms with Crippen LogP contribution in [0.15, 0.2) is 18.2 Å². The number of hydrogen-bond donors (Lipinski definition) is 1. The van der Waals surface area contributed by atoms with Crippen LogP contribution < -0.4 is 5.73 Å². The van der Waals surface area contributed by atoms with E-state index in [1.165, 1.54) is 0 Å². The molecule has 4 nitrogen and oxygen atoms in total. The van der Waals surface area contributed by atoms with E-state index in [9.17, 15) is 0 Å². The first kappa shape index (κ1) is 11.9. The molecule has 0 spiro atoms. The zero-order chi connectivity index (χ0) is 12.6.